The lowest BCUT2D eigenvalue weighted by atomic mass is 10.0. The Balaban J connectivity index is 2.17. The third-order valence-corrected chi connectivity index (χ3v) is 3.31. The van der Waals surface area contributed by atoms with Crippen LogP contribution in [0.4, 0.5) is 5.69 Å². The summed E-state index contributed by atoms with van der Waals surface area (Å²) in [5.41, 5.74) is 2.18. The van der Waals surface area contributed by atoms with Crippen molar-refractivity contribution < 1.29 is 14.3 Å². The highest BCUT2D eigenvalue weighted by molar-refractivity contribution is 5.96. The molecule has 0 atom stereocenters. The third kappa shape index (κ3) is 4.17. The number of Topliss-reactive ketones (excluding diaryl/α,β-unsaturated/α-hetero) is 1. The van der Waals surface area contributed by atoms with Crippen LogP contribution in [-0.4, -0.2) is 18.8 Å². The Morgan fingerprint density at radius 2 is 2.00 bits per heavy atom. The summed E-state index contributed by atoms with van der Waals surface area (Å²) in [6, 6.07) is 13.7. The van der Waals surface area contributed by atoms with E-state index in [2.05, 4.69) is 5.32 Å². The molecule has 2 aromatic carbocycles. The zero-order valence-corrected chi connectivity index (χ0v) is 12.9. The number of benzene rings is 2. The predicted octanol–water partition coefficient (Wildman–Crippen LogP) is 2.95. The van der Waals surface area contributed by atoms with Crippen LogP contribution in [0.3, 0.4) is 0 Å². The molecular formula is C18H16N2O3. The van der Waals surface area contributed by atoms with Crippen molar-refractivity contribution in [1.82, 2.24) is 0 Å². The van der Waals surface area contributed by atoms with E-state index in [9.17, 15) is 9.59 Å². The van der Waals surface area contributed by atoms with E-state index in [1.165, 1.54) is 14.0 Å². The van der Waals surface area contributed by atoms with E-state index in [1.54, 1.807) is 42.5 Å². The molecule has 2 rings (SSSR count). The molecule has 0 aliphatic rings. The van der Waals surface area contributed by atoms with Gasteiger partial charge < -0.3 is 10.1 Å². The van der Waals surface area contributed by atoms with E-state index >= 15 is 0 Å². The molecule has 23 heavy (non-hydrogen) atoms. The van der Waals surface area contributed by atoms with E-state index in [0.29, 0.717) is 28.1 Å². The van der Waals surface area contributed by atoms with Crippen molar-refractivity contribution in [2.24, 2.45) is 0 Å². The summed E-state index contributed by atoms with van der Waals surface area (Å²) >= 11 is 0. The maximum Gasteiger partial charge on any atom is 0.228 e. The van der Waals surface area contributed by atoms with Crippen molar-refractivity contribution in [3.05, 3.63) is 59.2 Å². The normalized spacial score (nSPS) is 9.78. The smallest absolute Gasteiger partial charge is 0.228 e. The Bertz CT molecular complexity index is 791. The predicted molar refractivity (Wildman–Crippen MR) is 86.5 cm³/mol. The van der Waals surface area contributed by atoms with Gasteiger partial charge in [0.15, 0.2) is 5.78 Å². The molecular weight excluding hydrogens is 292 g/mol. The monoisotopic (exact) mass is 308 g/mol. The lowest BCUT2D eigenvalue weighted by Gasteiger charge is -2.10. The first-order chi connectivity index (χ1) is 11.0. The van der Waals surface area contributed by atoms with Crippen LogP contribution in [0.15, 0.2) is 42.5 Å². The molecule has 0 radical (unpaired) electrons. The van der Waals surface area contributed by atoms with Crippen LogP contribution in [0.2, 0.25) is 0 Å². The number of nitrogens with zero attached hydrogens (tertiary/aromatic N) is 1. The van der Waals surface area contributed by atoms with E-state index in [4.69, 9.17) is 10.00 Å². The number of nitriles is 1. The molecule has 0 spiro atoms. The average Bonchev–Trinajstić information content (AvgIpc) is 2.54. The van der Waals surface area contributed by atoms with Crippen LogP contribution in [0.5, 0.6) is 5.75 Å². The van der Waals surface area contributed by atoms with Gasteiger partial charge in [-0.3, -0.25) is 9.59 Å². The van der Waals surface area contributed by atoms with Gasteiger partial charge in [-0.2, -0.15) is 5.26 Å². The van der Waals surface area contributed by atoms with Crippen LogP contribution >= 0.6 is 0 Å². The third-order valence-electron chi connectivity index (χ3n) is 3.31. The van der Waals surface area contributed by atoms with Crippen molar-refractivity contribution >= 4 is 17.4 Å². The number of ketones is 1. The van der Waals surface area contributed by atoms with Gasteiger partial charge >= 0.3 is 0 Å². The fraction of sp³-hybridized carbons (Fsp3) is 0.167. The van der Waals surface area contributed by atoms with Crippen molar-refractivity contribution in [2.45, 2.75) is 13.3 Å². The van der Waals surface area contributed by atoms with Gasteiger partial charge in [-0.1, -0.05) is 6.07 Å². The highest BCUT2D eigenvalue weighted by Gasteiger charge is 2.12. The first-order valence-electron chi connectivity index (χ1n) is 7.01. The molecule has 0 bridgehead atoms. The van der Waals surface area contributed by atoms with Crippen LogP contribution < -0.4 is 10.1 Å². The molecule has 1 amide bonds. The summed E-state index contributed by atoms with van der Waals surface area (Å²) in [6.07, 6.45) is 0.0705. The molecule has 2 aromatic rings. The Kier molecular flexibility index (Phi) is 5.11. The lowest BCUT2D eigenvalue weighted by molar-refractivity contribution is -0.115. The number of carbonyl (C=O) groups excluding carboxylic acids is 2. The second kappa shape index (κ2) is 7.23. The van der Waals surface area contributed by atoms with Gasteiger partial charge in [-0.25, -0.2) is 0 Å². The minimum absolute atomic E-state index is 0.0705. The number of hydrogen-bond donors (Lipinski definition) is 1. The van der Waals surface area contributed by atoms with Gasteiger partial charge in [0.2, 0.25) is 5.91 Å². The second-order valence-electron chi connectivity index (χ2n) is 5.00. The summed E-state index contributed by atoms with van der Waals surface area (Å²) in [5, 5.41) is 11.6. The van der Waals surface area contributed by atoms with E-state index in [1.807, 2.05) is 6.07 Å². The quantitative estimate of drug-likeness (QED) is 0.861. The number of carbonyl (C=O) groups is 2. The van der Waals surface area contributed by atoms with Gasteiger partial charge in [0, 0.05) is 16.8 Å². The van der Waals surface area contributed by atoms with Gasteiger partial charge in [-0.05, 0) is 43.3 Å². The molecule has 0 aromatic heterocycles. The largest absolute Gasteiger partial charge is 0.496 e. The van der Waals surface area contributed by atoms with E-state index in [0.717, 1.165) is 0 Å². The minimum atomic E-state index is -0.251. The first kappa shape index (κ1) is 16.2. The van der Waals surface area contributed by atoms with Gasteiger partial charge in [0.05, 0.1) is 25.2 Å². The number of hydrogen-bond acceptors (Lipinski definition) is 4. The summed E-state index contributed by atoms with van der Waals surface area (Å²) in [7, 11) is 1.51. The molecule has 5 heteroatoms. The topological polar surface area (TPSA) is 79.2 Å². The van der Waals surface area contributed by atoms with E-state index < -0.39 is 0 Å². The Hall–Kier alpha value is -3.13. The number of methoxy groups -OCH3 is 1. The molecule has 0 saturated heterocycles. The van der Waals surface area contributed by atoms with Crippen LogP contribution in [0.1, 0.15) is 28.4 Å². The number of amides is 1. The van der Waals surface area contributed by atoms with Gasteiger partial charge in [0.1, 0.15) is 5.75 Å². The number of anilines is 1. The minimum Gasteiger partial charge on any atom is -0.496 e. The van der Waals surface area contributed by atoms with Gasteiger partial charge in [0.25, 0.3) is 0 Å². The van der Waals surface area contributed by atoms with Crippen LogP contribution in [-0.2, 0) is 11.2 Å². The molecule has 116 valence electrons. The van der Waals surface area contributed by atoms with Crippen molar-refractivity contribution in [1.29, 1.82) is 5.26 Å². The van der Waals surface area contributed by atoms with Crippen molar-refractivity contribution in [3.8, 4) is 11.8 Å². The van der Waals surface area contributed by atoms with Crippen molar-refractivity contribution in [3.63, 3.8) is 0 Å². The molecule has 0 aliphatic heterocycles. The molecule has 1 N–H and O–H groups in total. The summed E-state index contributed by atoms with van der Waals surface area (Å²) in [4.78, 5) is 23.7. The molecule has 0 fully saturated rings. The standard InChI is InChI=1S/C18H16N2O3/c1-12(21)14-6-7-17(23-2)15(9-14)10-18(22)20-16-5-3-4-13(8-16)11-19/h3-9H,10H2,1-2H3,(H,20,22). The fourth-order valence-electron chi connectivity index (χ4n) is 2.18. The Morgan fingerprint density at radius 1 is 1.22 bits per heavy atom. The number of ether oxygens (including phenoxy) is 1. The first-order valence-corrected chi connectivity index (χ1v) is 7.01. The van der Waals surface area contributed by atoms with Crippen molar-refractivity contribution in [2.75, 3.05) is 12.4 Å². The molecule has 0 saturated carbocycles. The lowest BCUT2D eigenvalue weighted by Crippen LogP contribution is -2.15. The maximum atomic E-state index is 12.2. The number of rotatable bonds is 5. The molecule has 0 heterocycles. The summed E-state index contributed by atoms with van der Waals surface area (Å²) in [6.45, 7) is 1.47. The van der Waals surface area contributed by atoms with Crippen LogP contribution in [0.25, 0.3) is 0 Å². The highest BCUT2D eigenvalue weighted by atomic mass is 16.5. The fourth-order valence-corrected chi connectivity index (χ4v) is 2.18. The SMILES string of the molecule is COc1ccc(C(C)=O)cc1CC(=O)Nc1cccc(C#N)c1. The summed E-state index contributed by atoms with van der Waals surface area (Å²) < 4.78 is 5.23. The molecule has 0 aliphatic carbocycles. The number of nitrogens with one attached hydrogen (secondary N) is 1. The zero-order chi connectivity index (χ0) is 16.8. The van der Waals surface area contributed by atoms with Gasteiger partial charge in [-0.15, -0.1) is 0 Å². The average molecular weight is 308 g/mol. The second-order valence-corrected chi connectivity index (χ2v) is 5.00. The van der Waals surface area contributed by atoms with Crippen LogP contribution in [0, 0.1) is 11.3 Å². The summed E-state index contributed by atoms with van der Waals surface area (Å²) in [5.74, 6) is 0.228. The van der Waals surface area contributed by atoms with E-state index in [-0.39, 0.29) is 18.1 Å². The zero-order valence-electron chi connectivity index (χ0n) is 12.9. The molecule has 0 unspecified atom stereocenters. The maximum absolute atomic E-state index is 12.2. The Labute approximate surface area is 134 Å². The highest BCUT2D eigenvalue weighted by Crippen LogP contribution is 2.21. The molecule has 5 nitrogen and oxygen atoms in total. The Morgan fingerprint density at radius 3 is 2.65 bits per heavy atom.